The molecule has 4 aromatic heterocycles. The number of ether oxygens (including phenoxy) is 2. The lowest BCUT2D eigenvalue weighted by molar-refractivity contribution is -0.689. The molecule has 0 bridgehead atoms. The van der Waals surface area contributed by atoms with E-state index in [4.69, 9.17) is 14.1 Å². The van der Waals surface area contributed by atoms with Crippen LogP contribution in [-0.4, -0.2) is 64.2 Å². The summed E-state index contributed by atoms with van der Waals surface area (Å²) in [5.74, 6) is -0.299. The molecular weight excluding hydrogens is 762 g/mol. The van der Waals surface area contributed by atoms with Crippen LogP contribution in [0.5, 0.6) is 5.75 Å². The average Bonchev–Trinajstić information content (AvgIpc) is 3.87. The molecule has 0 aliphatic carbocycles. The fraction of sp³-hybridized carbons (Fsp3) is 0.227. The summed E-state index contributed by atoms with van der Waals surface area (Å²) in [5.41, 5.74) is 7.04. The van der Waals surface area contributed by atoms with Crippen molar-refractivity contribution in [3.63, 3.8) is 0 Å². The van der Waals surface area contributed by atoms with E-state index in [0.29, 0.717) is 69.3 Å². The van der Waals surface area contributed by atoms with Crippen molar-refractivity contribution in [2.45, 2.75) is 53.1 Å². The number of aromatic nitrogens is 6. The number of imidazole rings is 2. The van der Waals surface area contributed by atoms with Gasteiger partial charge in [-0.3, -0.25) is 0 Å². The van der Waals surface area contributed by atoms with Crippen molar-refractivity contribution in [1.29, 1.82) is 0 Å². The number of esters is 2. The summed E-state index contributed by atoms with van der Waals surface area (Å²) in [5, 5.41) is 29.5. The zero-order valence-corrected chi connectivity index (χ0v) is 33.8. The molecule has 0 fully saturated rings. The summed E-state index contributed by atoms with van der Waals surface area (Å²) in [7, 11) is -0.931. The Morgan fingerprint density at radius 2 is 1.03 bits per heavy atom. The van der Waals surface area contributed by atoms with Crippen LogP contribution in [0.1, 0.15) is 36.1 Å². The maximum absolute atomic E-state index is 11.7. The first kappa shape index (κ1) is 43.0. The van der Waals surface area contributed by atoms with Crippen LogP contribution in [0, 0.1) is 0 Å². The van der Waals surface area contributed by atoms with Gasteiger partial charge in [0.1, 0.15) is 69.9 Å². The Hall–Kier alpha value is -6.61. The maximum atomic E-state index is 11.7. The molecule has 0 aliphatic heterocycles. The Balaban J connectivity index is 1.06. The van der Waals surface area contributed by atoms with Gasteiger partial charge in [0.05, 0.1) is 0 Å². The average molecular weight is 812 g/mol. The summed E-state index contributed by atoms with van der Waals surface area (Å²) < 4.78 is 27.8. The van der Waals surface area contributed by atoms with Crippen molar-refractivity contribution < 1.29 is 57.1 Å². The van der Waals surface area contributed by atoms with Gasteiger partial charge in [-0.2, -0.15) is 0 Å². The highest BCUT2D eigenvalue weighted by Crippen LogP contribution is 2.19. The first-order valence-corrected chi connectivity index (χ1v) is 19.4. The van der Waals surface area contributed by atoms with E-state index in [9.17, 15) is 24.7 Å². The second kappa shape index (κ2) is 20.4. The van der Waals surface area contributed by atoms with Gasteiger partial charge < -0.3 is 29.2 Å². The molecule has 0 spiro atoms. The molecule has 6 aromatic rings. The first-order chi connectivity index (χ1) is 28.9. The minimum atomic E-state index is -1.61. The van der Waals surface area contributed by atoms with Crippen LogP contribution in [0.25, 0.3) is 11.1 Å². The summed E-state index contributed by atoms with van der Waals surface area (Å²) in [6.45, 7) is 14.1. The van der Waals surface area contributed by atoms with Crippen LogP contribution in [0.4, 0.5) is 0 Å². The van der Waals surface area contributed by atoms with Gasteiger partial charge in [-0.15, -0.1) is 0 Å². The van der Waals surface area contributed by atoms with Crippen molar-refractivity contribution in [2.24, 2.45) is 0 Å². The third kappa shape index (κ3) is 12.4. The Labute approximate surface area is 350 Å². The molecule has 0 saturated carbocycles. The topological polar surface area (TPSA) is 148 Å². The van der Waals surface area contributed by atoms with Gasteiger partial charge in [0, 0.05) is 46.5 Å². The van der Waals surface area contributed by atoms with Crippen LogP contribution < -0.4 is 28.4 Å². The minimum absolute atomic E-state index is 0.230. The van der Waals surface area contributed by atoms with E-state index in [1.54, 1.807) is 26.0 Å². The maximum Gasteiger partial charge on any atom is 0.569 e. The minimum Gasteiger partial charge on any atom is -0.537 e. The number of carbonyl (C=O) groups is 2. The predicted molar refractivity (Wildman–Crippen MR) is 221 cm³/mol. The number of carbonyl (C=O) groups excluding carboxylic acids is 2. The molecule has 305 valence electrons. The Kier molecular flexibility index (Phi) is 14.6. The fourth-order valence-corrected chi connectivity index (χ4v) is 6.58. The quantitative estimate of drug-likeness (QED) is 0.0451. The van der Waals surface area contributed by atoms with E-state index in [-0.39, 0.29) is 13.2 Å². The number of nitrogens with zero attached hydrogens (tertiary/aromatic N) is 6. The van der Waals surface area contributed by atoms with Gasteiger partial charge >= 0.3 is 26.7 Å². The Bertz CT molecular complexity index is 2450. The van der Waals surface area contributed by atoms with Gasteiger partial charge in [-0.1, -0.05) is 25.3 Å². The molecule has 60 heavy (non-hydrogen) atoms. The second-order valence-electron chi connectivity index (χ2n) is 14.7. The van der Waals surface area contributed by atoms with Gasteiger partial charge in [0.2, 0.25) is 12.7 Å². The van der Waals surface area contributed by atoms with Crippen molar-refractivity contribution in [2.75, 3.05) is 13.2 Å². The second-order valence-corrected chi connectivity index (χ2v) is 14.7. The molecule has 6 rings (SSSR count). The molecule has 0 amide bonds. The van der Waals surface area contributed by atoms with Crippen LogP contribution in [0.3, 0.4) is 0 Å². The third-order valence-electron chi connectivity index (χ3n) is 9.52. The summed E-state index contributed by atoms with van der Waals surface area (Å²) in [4.78, 5) is 23.4. The van der Waals surface area contributed by atoms with E-state index in [1.165, 1.54) is 0 Å². The van der Waals surface area contributed by atoms with E-state index in [1.807, 2.05) is 97.2 Å². The normalized spacial score (nSPS) is 10.9. The number of rotatable bonds is 20. The molecule has 16 heteroatoms. The van der Waals surface area contributed by atoms with Gasteiger partial charge in [-0.25, -0.2) is 37.0 Å². The van der Waals surface area contributed by atoms with Crippen LogP contribution >= 0.6 is 0 Å². The van der Waals surface area contributed by atoms with Crippen LogP contribution in [-0.2, 0) is 58.3 Å². The zero-order valence-electron chi connectivity index (χ0n) is 33.8. The largest absolute Gasteiger partial charge is 0.569 e. The van der Waals surface area contributed by atoms with Crippen LogP contribution in [0.15, 0.2) is 147 Å². The standard InChI is InChI=1S/C44H49B2N6O8/c1-33(2)43(53)58-19-17-49-13-15-51(31-49)29-36-21-35(23-41(24-36)46(56)57)27-47-9-5-39(6-10-47)40-7-11-48(12-8-40)28-37-22-38(26-42(25-37)60-45-55)30-52-16-14-50(32-52)18-20-59-44(54)34(3)4/h5-16,21-26,31-32,55-57H,1,3,17-20,27-30H2,2,4H3/q+4. The monoisotopic (exact) mass is 811 g/mol. The van der Waals surface area contributed by atoms with E-state index >= 15 is 0 Å². The highest BCUT2D eigenvalue weighted by molar-refractivity contribution is 6.58. The molecule has 0 atom stereocenters. The Morgan fingerprint density at radius 3 is 1.42 bits per heavy atom. The highest BCUT2D eigenvalue weighted by atomic mass is 16.5. The van der Waals surface area contributed by atoms with Gasteiger partial charge in [0.25, 0.3) is 0 Å². The molecule has 1 radical (unpaired) electrons. The van der Waals surface area contributed by atoms with Gasteiger partial charge in [-0.05, 0) is 65.8 Å². The van der Waals surface area contributed by atoms with Crippen molar-refractivity contribution in [1.82, 2.24) is 9.13 Å². The summed E-state index contributed by atoms with van der Waals surface area (Å²) in [6, 6.07) is 19.7. The summed E-state index contributed by atoms with van der Waals surface area (Å²) in [6.07, 6.45) is 19.6. The van der Waals surface area contributed by atoms with Gasteiger partial charge in [0.15, 0.2) is 37.9 Å². The molecule has 4 heterocycles. The third-order valence-corrected chi connectivity index (χ3v) is 9.52. The molecule has 3 N–H and O–H groups in total. The SMILES string of the molecule is C=C(C)C(=O)OCCn1cc[n+](Cc2cc(C[n+]3ccc(-c4cc[n+](Cc5cc(C[n+]6ccn(CCOC(=O)C(=C)C)c6)cc(B(O)O)c5)cc4)cc3)cc(O[B]O)c2)c1. The smallest absolute Gasteiger partial charge is 0.537 e. The Morgan fingerprint density at radius 1 is 0.633 bits per heavy atom. The molecule has 0 aliphatic rings. The highest BCUT2D eigenvalue weighted by Gasteiger charge is 2.18. The van der Waals surface area contributed by atoms with Crippen molar-refractivity contribution in [3.8, 4) is 16.9 Å². The van der Waals surface area contributed by atoms with E-state index < -0.39 is 19.1 Å². The molecule has 2 aromatic carbocycles. The van der Waals surface area contributed by atoms with E-state index in [2.05, 4.69) is 54.1 Å². The lowest BCUT2D eigenvalue weighted by Gasteiger charge is -2.08. The number of hydrogen-bond donors (Lipinski definition) is 3. The molecule has 0 saturated heterocycles. The molecular formula is C44H49B2N6O8+4. The van der Waals surface area contributed by atoms with E-state index in [0.717, 1.165) is 33.4 Å². The molecule has 14 nitrogen and oxygen atoms in total. The van der Waals surface area contributed by atoms with Crippen molar-refractivity contribution >= 4 is 32.2 Å². The summed E-state index contributed by atoms with van der Waals surface area (Å²) >= 11 is 0. The lowest BCUT2D eigenvalue weighted by Crippen LogP contribution is -2.37. The number of pyridine rings is 2. The molecule has 0 unspecified atom stereocenters. The van der Waals surface area contributed by atoms with Crippen LogP contribution in [0.2, 0.25) is 0 Å². The predicted octanol–water partition coefficient (Wildman–Crippen LogP) is 1.12. The first-order valence-electron chi connectivity index (χ1n) is 19.4. The zero-order chi connectivity index (χ0) is 42.6. The number of hydrogen-bond acceptors (Lipinski definition) is 8. The number of benzene rings is 2. The fourth-order valence-electron chi connectivity index (χ4n) is 6.58. The lowest BCUT2D eigenvalue weighted by atomic mass is 9.78. The van der Waals surface area contributed by atoms with Crippen molar-refractivity contribution in [3.05, 3.63) is 169 Å².